The van der Waals surface area contributed by atoms with Crippen molar-refractivity contribution in [1.82, 2.24) is 10.2 Å². The van der Waals surface area contributed by atoms with E-state index < -0.39 is 0 Å². The molecule has 0 saturated heterocycles. The second-order valence-electron chi connectivity index (χ2n) is 6.32. The van der Waals surface area contributed by atoms with E-state index >= 15 is 0 Å². The summed E-state index contributed by atoms with van der Waals surface area (Å²) < 4.78 is 0. The minimum Gasteiger partial charge on any atom is -0.314 e. The summed E-state index contributed by atoms with van der Waals surface area (Å²) in [5.74, 6) is 1.98. The molecule has 3 aliphatic carbocycles. The van der Waals surface area contributed by atoms with Crippen molar-refractivity contribution >= 4 is 0 Å². The van der Waals surface area contributed by atoms with Gasteiger partial charge >= 0.3 is 0 Å². The lowest BCUT2D eigenvalue weighted by atomic mass is 9.77. The Hall–Kier alpha value is -0.0800. The van der Waals surface area contributed by atoms with Gasteiger partial charge in [0.1, 0.15) is 0 Å². The van der Waals surface area contributed by atoms with E-state index in [1.807, 2.05) is 0 Å². The van der Waals surface area contributed by atoms with Gasteiger partial charge in [-0.15, -0.1) is 0 Å². The smallest absolute Gasteiger partial charge is 0.0133 e. The summed E-state index contributed by atoms with van der Waals surface area (Å²) in [6.45, 7) is 2.65. The predicted molar refractivity (Wildman–Crippen MR) is 67.5 cm³/mol. The molecule has 0 aromatic heterocycles. The summed E-state index contributed by atoms with van der Waals surface area (Å²) in [5, 5.41) is 3.70. The molecule has 3 aliphatic rings. The highest BCUT2D eigenvalue weighted by Gasteiger charge is 2.35. The van der Waals surface area contributed by atoms with Crippen molar-refractivity contribution in [2.45, 2.75) is 57.0 Å². The molecule has 0 aromatic carbocycles. The van der Waals surface area contributed by atoms with Crippen molar-refractivity contribution < 1.29 is 0 Å². The Balaban J connectivity index is 1.38. The summed E-state index contributed by atoms with van der Waals surface area (Å²) in [5.41, 5.74) is 0. The number of hydrogen-bond donors (Lipinski definition) is 1. The fourth-order valence-corrected chi connectivity index (χ4v) is 3.19. The van der Waals surface area contributed by atoms with E-state index in [2.05, 4.69) is 17.3 Å². The molecule has 2 heteroatoms. The van der Waals surface area contributed by atoms with Gasteiger partial charge in [0.15, 0.2) is 0 Å². The second kappa shape index (κ2) is 4.66. The normalized spacial score (nSPS) is 34.9. The summed E-state index contributed by atoms with van der Waals surface area (Å²) >= 11 is 0. The molecule has 1 N–H and O–H groups in total. The molecule has 0 bridgehead atoms. The first kappa shape index (κ1) is 11.0. The Labute approximate surface area is 99.8 Å². The molecule has 2 unspecified atom stereocenters. The minimum absolute atomic E-state index is 0.887. The van der Waals surface area contributed by atoms with E-state index in [4.69, 9.17) is 0 Å². The Morgan fingerprint density at radius 2 is 1.88 bits per heavy atom. The Bertz CT molecular complexity index is 233. The van der Waals surface area contributed by atoms with E-state index in [0.717, 1.165) is 23.9 Å². The first-order valence-corrected chi connectivity index (χ1v) is 7.26. The monoisotopic (exact) mass is 222 g/mol. The van der Waals surface area contributed by atoms with Gasteiger partial charge < -0.3 is 10.2 Å². The van der Waals surface area contributed by atoms with Crippen LogP contribution in [0, 0.1) is 11.8 Å². The molecule has 3 fully saturated rings. The maximum absolute atomic E-state index is 3.70. The van der Waals surface area contributed by atoms with E-state index in [9.17, 15) is 0 Å². The molecule has 0 aromatic rings. The first-order chi connectivity index (χ1) is 7.83. The van der Waals surface area contributed by atoms with Crippen molar-refractivity contribution in [1.29, 1.82) is 0 Å². The molecule has 0 aliphatic heterocycles. The minimum atomic E-state index is 0.887. The van der Waals surface area contributed by atoms with Crippen LogP contribution >= 0.6 is 0 Å². The predicted octanol–water partition coefficient (Wildman–Crippen LogP) is 2.25. The van der Waals surface area contributed by atoms with E-state index in [1.54, 1.807) is 0 Å². The van der Waals surface area contributed by atoms with Crippen LogP contribution in [0.25, 0.3) is 0 Å². The molecular formula is C14H26N2. The van der Waals surface area contributed by atoms with Crippen molar-refractivity contribution in [2.75, 3.05) is 20.1 Å². The highest BCUT2D eigenvalue weighted by molar-refractivity contribution is 4.92. The van der Waals surface area contributed by atoms with Crippen LogP contribution in [0.3, 0.4) is 0 Å². The molecular weight excluding hydrogens is 196 g/mol. The quantitative estimate of drug-likeness (QED) is 0.741. The van der Waals surface area contributed by atoms with Crippen molar-refractivity contribution in [3.05, 3.63) is 0 Å². The van der Waals surface area contributed by atoms with Gasteiger partial charge in [-0.2, -0.15) is 0 Å². The van der Waals surface area contributed by atoms with Crippen LogP contribution in [0.4, 0.5) is 0 Å². The standard InChI is InChI=1S/C14H26N2/c1-16(10-11-3-2-4-11)14-8-5-12(14)9-15-13-6-7-13/h11-15H,2-10H2,1H3. The third-order valence-electron chi connectivity index (χ3n) is 4.96. The second-order valence-corrected chi connectivity index (χ2v) is 6.32. The Morgan fingerprint density at radius 1 is 1.06 bits per heavy atom. The van der Waals surface area contributed by atoms with Crippen LogP contribution in [0.2, 0.25) is 0 Å². The number of hydrogen-bond acceptors (Lipinski definition) is 2. The average Bonchev–Trinajstić information content (AvgIpc) is 2.93. The van der Waals surface area contributed by atoms with Gasteiger partial charge in [0, 0.05) is 18.6 Å². The highest BCUT2D eigenvalue weighted by Crippen LogP contribution is 2.34. The topological polar surface area (TPSA) is 15.3 Å². The molecule has 3 saturated carbocycles. The lowest BCUT2D eigenvalue weighted by molar-refractivity contribution is 0.0581. The molecule has 2 nitrogen and oxygen atoms in total. The third kappa shape index (κ3) is 2.43. The van der Waals surface area contributed by atoms with Crippen LogP contribution < -0.4 is 5.32 Å². The summed E-state index contributed by atoms with van der Waals surface area (Å²) in [6, 6.07) is 1.78. The molecule has 3 rings (SSSR count). The van der Waals surface area contributed by atoms with Gasteiger partial charge in [-0.3, -0.25) is 0 Å². The van der Waals surface area contributed by atoms with Crippen LogP contribution in [-0.2, 0) is 0 Å². The summed E-state index contributed by atoms with van der Waals surface area (Å²) in [4.78, 5) is 2.66. The SMILES string of the molecule is CN(CC1CCC1)C1CCC1CNC1CC1. The van der Waals surface area contributed by atoms with Gasteiger partial charge in [0.2, 0.25) is 0 Å². The van der Waals surface area contributed by atoms with Crippen molar-refractivity contribution in [3.63, 3.8) is 0 Å². The molecule has 92 valence electrons. The Morgan fingerprint density at radius 3 is 2.38 bits per heavy atom. The first-order valence-electron chi connectivity index (χ1n) is 7.26. The number of nitrogens with one attached hydrogen (secondary N) is 1. The maximum atomic E-state index is 3.70. The van der Waals surface area contributed by atoms with Gasteiger partial charge in [-0.25, -0.2) is 0 Å². The fraction of sp³-hybridized carbons (Fsp3) is 1.00. The average molecular weight is 222 g/mol. The lowest BCUT2D eigenvalue weighted by Gasteiger charge is -2.45. The summed E-state index contributed by atoms with van der Waals surface area (Å²) in [7, 11) is 2.35. The Kier molecular flexibility index (Phi) is 3.21. The van der Waals surface area contributed by atoms with Gasteiger partial charge in [0.05, 0.1) is 0 Å². The zero-order valence-corrected chi connectivity index (χ0v) is 10.6. The number of nitrogens with zero attached hydrogens (tertiary/aromatic N) is 1. The summed E-state index contributed by atoms with van der Waals surface area (Å²) in [6.07, 6.45) is 10.2. The van der Waals surface area contributed by atoms with Crippen LogP contribution in [0.5, 0.6) is 0 Å². The van der Waals surface area contributed by atoms with Gasteiger partial charge in [-0.05, 0) is 64.0 Å². The van der Waals surface area contributed by atoms with Crippen LogP contribution in [0.1, 0.15) is 44.9 Å². The van der Waals surface area contributed by atoms with Crippen LogP contribution in [-0.4, -0.2) is 37.1 Å². The van der Waals surface area contributed by atoms with Crippen molar-refractivity contribution in [2.24, 2.45) is 11.8 Å². The van der Waals surface area contributed by atoms with Crippen molar-refractivity contribution in [3.8, 4) is 0 Å². The third-order valence-corrected chi connectivity index (χ3v) is 4.96. The molecule has 0 spiro atoms. The molecule has 0 heterocycles. The van der Waals surface area contributed by atoms with Crippen LogP contribution in [0.15, 0.2) is 0 Å². The van der Waals surface area contributed by atoms with Gasteiger partial charge in [-0.1, -0.05) is 6.42 Å². The zero-order chi connectivity index (χ0) is 11.0. The number of rotatable bonds is 6. The van der Waals surface area contributed by atoms with E-state index in [1.165, 1.54) is 58.0 Å². The molecule has 0 radical (unpaired) electrons. The maximum Gasteiger partial charge on any atom is 0.0133 e. The van der Waals surface area contributed by atoms with E-state index in [0.29, 0.717) is 0 Å². The highest BCUT2D eigenvalue weighted by atomic mass is 15.2. The largest absolute Gasteiger partial charge is 0.314 e. The van der Waals surface area contributed by atoms with E-state index in [-0.39, 0.29) is 0 Å². The lowest BCUT2D eigenvalue weighted by Crippen LogP contribution is -2.50. The zero-order valence-electron chi connectivity index (χ0n) is 10.6. The fourth-order valence-electron chi connectivity index (χ4n) is 3.19. The van der Waals surface area contributed by atoms with Gasteiger partial charge in [0.25, 0.3) is 0 Å². The molecule has 16 heavy (non-hydrogen) atoms. The molecule has 0 amide bonds. The molecule has 2 atom stereocenters.